The molecule has 7 nitrogen and oxygen atoms in total. The van der Waals surface area contributed by atoms with Crippen molar-refractivity contribution in [2.75, 3.05) is 13.2 Å². The Labute approximate surface area is 242 Å². The number of aliphatic hydroxyl groups excluding tert-OH is 1. The van der Waals surface area contributed by atoms with Crippen molar-refractivity contribution in [1.82, 2.24) is 0 Å². The SMILES string of the molecule is C[C@H](O)CCC1OCCOC1CCCC=Cc1cc(OCc2ccccc2)cc(OCc2ccccc2)c1C(=O)O. The van der Waals surface area contributed by atoms with Gasteiger partial charge in [-0.2, -0.15) is 0 Å². The number of aliphatic hydroxyl groups is 1. The van der Waals surface area contributed by atoms with Gasteiger partial charge in [-0.3, -0.25) is 0 Å². The standard InChI is InChI=1S/C34H40O7/c1-25(35)17-18-31-30(38-19-20-39-31)16-10-4-9-15-28-21-29(40-23-26-11-5-2-6-12-26)22-32(33(28)34(36)37)41-24-27-13-7-3-8-14-27/h2-3,5-9,11-15,21-22,25,30-31,35H,4,10,16-20,23-24H2,1H3,(H,36,37)/t25-,30?,31?/m0/s1. The second-order valence-electron chi connectivity index (χ2n) is 10.3. The van der Waals surface area contributed by atoms with Crippen molar-refractivity contribution < 1.29 is 34.0 Å². The predicted octanol–water partition coefficient (Wildman–Crippen LogP) is 6.67. The molecule has 0 saturated carbocycles. The number of rotatable bonds is 15. The Hall–Kier alpha value is -3.65. The molecule has 218 valence electrons. The third-order valence-corrected chi connectivity index (χ3v) is 6.99. The van der Waals surface area contributed by atoms with Crippen LogP contribution in [0.25, 0.3) is 6.08 Å². The van der Waals surface area contributed by atoms with Crippen LogP contribution in [-0.4, -0.2) is 47.7 Å². The van der Waals surface area contributed by atoms with Crippen LogP contribution in [0.1, 0.15) is 66.1 Å². The fourth-order valence-electron chi connectivity index (χ4n) is 4.85. The number of ether oxygens (including phenoxy) is 4. The summed E-state index contributed by atoms with van der Waals surface area (Å²) >= 11 is 0. The molecule has 1 aliphatic heterocycles. The molecule has 7 heteroatoms. The number of carboxylic acids is 1. The summed E-state index contributed by atoms with van der Waals surface area (Å²) in [5, 5.41) is 19.8. The summed E-state index contributed by atoms with van der Waals surface area (Å²) < 4.78 is 24.0. The maximum Gasteiger partial charge on any atom is 0.340 e. The first-order valence-electron chi connectivity index (χ1n) is 14.3. The first-order chi connectivity index (χ1) is 20.0. The summed E-state index contributed by atoms with van der Waals surface area (Å²) in [6.45, 7) is 3.54. The fourth-order valence-corrected chi connectivity index (χ4v) is 4.85. The van der Waals surface area contributed by atoms with E-state index >= 15 is 0 Å². The number of hydrogen-bond donors (Lipinski definition) is 2. The highest BCUT2D eigenvalue weighted by Gasteiger charge is 2.26. The number of hydrogen-bond acceptors (Lipinski definition) is 6. The van der Waals surface area contributed by atoms with E-state index in [4.69, 9.17) is 18.9 Å². The molecule has 1 heterocycles. The van der Waals surface area contributed by atoms with E-state index in [1.54, 1.807) is 19.1 Å². The highest BCUT2D eigenvalue weighted by Crippen LogP contribution is 2.32. The van der Waals surface area contributed by atoms with Crippen LogP contribution in [0, 0.1) is 0 Å². The van der Waals surface area contributed by atoms with Crippen molar-refractivity contribution in [3.8, 4) is 11.5 Å². The number of aromatic carboxylic acids is 1. The van der Waals surface area contributed by atoms with Gasteiger partial charge in [-0.1, -0.05) is 72.8 Å². The van der Waals surface area contributed by atoms with Crippen LogP contribution < -0.4 is 9.47 Å². The Balaban J connectivity index is 1.46. The van der Waals surface area contributed by atoms with Gasteiger partial charge in [-0.05, 0) is 61.8 Å². The van der Waals surface area contributed by atoms with Crippen molar-refractivity contribution in [3.63, 3.8) is 0 Å². The highest BCUT2D eigenvalue weighted by atomic mass is 16.6. The molecule has 0 aromatic heterocycles. The molecule has 1 saturated heterocycles. The Bertz CT molecular complexity index is 1240. The zero-order valence-corrected chi connectivity index (χ0v) is 23.6. The van der Waals surface area contributed by atoms with Crippen molar-refractivity contribution >= 4 is 12.0 Å². The lowest BCUT2D eigenvalue weighted by Gasteiger charge is -2.32. The van der Waals surface area contributed by atoms with E-state index in [1.165, 1.54) is 0 Å². The minimum atomic E-state index is -1.06. The smallest absolute Gasteiger partial charge is 0.340 e. The van der Waals surface area contributed by atoms with E-state index in [1.807, 2.05) is 72.8 Å². The second kappa shape index (κ2) is 16.0. The third-order valence-electron chi connectivity index (χ3n) is 6.99. The van der Waals surface area contributed by atoms with Gasteiger partial charge in [-0.15, -0.1) is 0 Å². The average Bonchev–Trinajstić information content (AvgIpc) is 2.99. The highest BCUT2D eigenvalue weighted by molar-refractivity contribution is 5.95. The van der Waals surface area contributed by atoms with E-state index in [9.17, 15) is 15.0 Å². The Morgan fingerprint density at radius 3 is 2.15 bits per heavy atom. The summed E-state index contributed by atoms with van der Waals surface area (Å²) in [4.78, 5) is 12.4. The monoisotopic (exact) mass is 560 g/mol. The van der Waals surface area contributed by atoms with Gasteiger partial charge < -0.3 is 29.2 Å². The van der Waals surface area contributed by atoms with Crippen LogP contribution in [0.4, 0.5) is 0 Å². The van der Waals surface area contributed by atoms with Gasteiger partial charge in [0.25, 0.3) is 0 Å². The van der Waals surface area contributed by atoms with E-state index in [2.05, 4.69) is 0 Å². The van der Waals surface area contributed by atoms with E-state index < -0.39 is 5.97 Å². The molecule has 0 amide bonds. The van der Waals surface area contributed by atoms with Crippen molar-refractivity contribution in [2.24, 2.45) is 0 Å². The Morgan fingerprint density at radius 2 is 1.54 bits per heavy atom. The van der Waals surface area contributed by atoms with Crippen LogP contribution in [0.3, 0.4) is 0 Å². The Morgan fingerprint density at radius 1 is 0.927 bits per heavy atom. The van der Waals surface area contributed by atoms with Crippen LogP contribution in [0.2, 0.25) is 0 Å². The van der Waals surface area contributed by atoms with Crippen LogP contribution in [0.15, 0.2) is 78.9 Å². The fraction of sp³-hybridized carbons (Fsp3) is 0.382. The van der Waals surface area contributed by atoms with E-state index in [0.29, 0.717) is 37.6 Å². The van der Waals surface area contributed by atoms with Crippen molar-refractivity contribution in [2.45, 2.75) is 70.6 Å². The molecule has 2 N–H and O–H groups in total. The normalized spacial score (nSPS) is 17.8. The molecule has 41 heavy (non-hydrogen) atoms. The lowest BCUT2D eigenvalue weighted by atomic mass is 10.00. The molecule has 3 aromatic carbocycles. The maximum atomic E-state index is 12.4. The van der Waals surface area contributed by atoms with Crippen molar-refractivity contribution in [1.29, 1.82) is 0 Å². The topological polar surface area (TPSA) is 94.5 Å². The van der Waals surface area contributed by atoms with E-state index in [0.717, 1.165) is 36.8 Å². The van der Waals surface area contributed by atoms with Gasteiger partial charge in [0.1, 0.15) is 30.3 Å². The first kappa shape index (κ1) is 30.3. The Kier molecular flexibility index (Phi) is 11.8. The van der Waals surface area contributed by atoms with Gasteiger partial charge in [0.2, 0.25) is 0 Å². The second-order valence-corrected chi connectivity index (χ2v) is 10.3. The summed E-state index contributed by atoms with van der Waals surface area (Å²) in [5.74, 6) is -0.258. The number of unbranched alkanes of at least 4 members (excludes halogenated alkanes) is 1. The van der Waals surface area contributed by atoms with Crippen molar-refractivity contribution in [3.05, 3.63) is 101 Å². The van der Waals surface area contributed by atoms with Crippen LogP contribution in [0.5, 0.6) is 11.5 Å². The third kappa shape index (κ3) is 9.74. The molecule has 3 aromatic rings. The van der Waals surface area contributed by atoms with Crippen LogP contribution >= 0.6 is 0 Å². The average molecular weight is 561 g/mol. The molecular formula is C34H40O7. The molecule has 0 radical (unpaired) electrons. The molecular weight excluding hydrogens is 520 g/mol. The summed E-state index contributed by atoms with van der Waals surface area (Å²) in [6, 6.07) is 22.9. The first-order valence-corrected chi connectivity index (χ1v) is 14.3. The molecule has 3 atom stereocenters. The lowest BCUT2D eigenvalue weighted by molar-refractivity contribution is -0.146. The van der Waals surface area contributed by atoms with Gasteiger partial charge >= 0.3 is 5.97 Å². The molecule has 0 aliphatic carbocycles. The number of allylic oxidation sites excluding steroid dienone is 1. The zero-order valence-electron chi connectivity index (χ0n) is 23.6. The van der Waals surface area contributed by atoms with Gasteiger partial charge in [0.05, 0.1) is 31.5 Å². The number of carbonyl (C=O) groups is 1. The lowest BCUT2D eigenvalue weighted by Crippen LogP contribution is -2.38. The molecule has 0 spiro atoms. The number of benzene rings is 3. The number of carboxylic acid groups (broad SMARTS) is 1. The van der Waals surface area contributed by atoms with Gasteiger partial charge in [0, 0.05) is 6.07 Å². The zero-order chi connectivity index (χ0) is 28.9. The van der Waals surface area contributed by atoms with E-state index in [-0.39, 0.29) is 36.2 Å². The molecule has 1 aliphatic rings. The molecule has 4 rings (SSSR count). The van der Waals surface area contributed by atoms with Crippen LogP contribution in [-0.2, 0) is 22.7 Å². The molecule has 1 fully saturated rings. The summed E-state index contributed by atoms with van der Waals surface area (Å²) in [6.07, 6.45) is 7.32. The minimum absolute atomic E-state index is 0.00168. The molecule has 2 unspecified atom stereocenters. The largest absolute Gasteiger partial charge is 0.489 e. The summed E-state index contributed by atoms with van der Waals surface area (Å²) in [7, 11) is 0. The quantitative estimate of drug-likeness (QED) is 0.201. The predicted molar refractivity (Wildman–Crippen MR) is 158 cm³/mol. The minimum Gasteiger partial charge on any atom is -0.489 e. The maximum absolute atomic E-state index is 12.4. The summed E-state index contributed by atoms with van der Waals surface area (Å²) in [5.41, 5.74) is 2.58. The van der Waals surface area contributed by atoms with Gasteiger partial charge in [0.15, 0.2) is 0 Å². The van der Waals surface area contributed by atoms with Gasteiger partial charge in [-0.25, -0.2) is 4.79 Å². The molecule has 0 bridgehead atoms.